The molecule has 2 heterocycles. The molecule has 1 atom stereocenters. The molecule has 0 N–H and O–H groups in total. The van der Waals surface area contributed by atoms with Crippen molar-refractivity contribution >= 4 is 16.8 Å². The standard InChI is InChI=1S/C21H22N2O3/c1-22-13-18(17-12-16(25-2)8-9-19(17)22)21(24)23-10-11-26-20(14-23)15-6-4-3-5-7-15/h3-9,12-13,20H,10-11,14H2,1-2H3/t20-/m0/s1. The van der Waals surface area contributed by atoms with Crippen molar-refractivity contribution in [2.24, 2.45) is 7.05 Å². The molecule has 0 saturated carbocycles. The van der Waals surface area contributed by atoms with Gasteiger partial charge in [0.25, 0.3) is 5.91 Å². The maximum Gasteiger partial charge on any atom is 0.256 e. The molecule has 134 valence electrons. The monoisotopic (exact) mass is 350 g/mol. The lowest BCUT2D eigenvalue weighted by atomic mass is 10.1. The highest BCUT2D eigenvalue weighted by atomic mass is 16.5. The van der Waals surface area contributed by atoms with Gasteiger partial charge in [0, 0.05) is 30.7 Å². The highest BCUT2D eigenvalue weighted by Gasteiger charge is 2.27. The Morgan fingerprint density at radius 3 is 2.77 bits per heavy atom. The van der Waals surface area contributed by atoms with Gasteiger partial charge in [-0.05, 0) is 23.8 Å². The molecule has 0 radical (unpaired) electrons. The predicted octanol–water partition coefficient (Wildman–Crippen LogP) is 3.40. The molecule has 0 unspecified atom stereocenters. The number of aromatic nitrogens is 1. The molecule has 26 heavy (non-hydrogen) atoms. The molecule has 0 aliphatic carbocycles. The first-order valence-corrected chi connectivity index (χ1v) is 8.76. The summed E-state index contributed by atoms with van der Waals surface area (Å²) in [5.41, 5.74) is 2.82. The molecular formula is C21H22N2O3. The van der Waals surface area contributed by atoms with Gasteiger partial charge < -0.3 is 18.9 Å². The van der Waals surface area contributed by atoms with Crippen molar-refractivity contribution < 1.29 is 14.3 Å². The van der Waals surface area contributed by atoms with Crippen molar-refractivity contribution in [2.45, 2.75) is 6.10 Å². The highest BCUT2D eigenvalue weighted by molar-refractivity contribution is 6.07. The van der Waals surface area contributed by atoms with E-state index in [0.29, 0.717) is 25.3 Å². The lowest BCUT2D eigenvalue weighted by molar-refractivity contribution is -0.0227. The summed E-state index contributed by atoms with van der Waals surface area (Å²) in [5, 5.41) is 0.916. The summed E-state index contributed by atoms with van der Waals surface area (Å²) in [5.74, 6) is 0.787. The van der Waals surface area contributed by atoms with E-state index >= 15 is 0 Å². The number of nitrogens with zero attached hydrogens (tertiary/aromatic N) is 2. The van der Waals surface area contributed by atoms with E-state index < -0.39 is 0 Å². The first-order chi connectivity index (χ1) is 12.7. The van der Waals surface area contributed by atoms with Gasteiger partial charge in [-0.15, -0.1) is 0 Å². The van der Waals surface area contributed by atoms with Crippen LogP contribution in [0.4, 0.5) is 0 Å². The van der Waals surface area contributed by atoms with E-state index in [1.54, 1.807) is 7.11 Å². The van der Waals surface area contributed by atoms with Crippen LogP contribution in [0.2, 0.25) is 0 Å². The van der Waals surface area contributed by atoms with Gasteiger partial charge in [-0.1, -0.05) is 30.3 Å². The van der Waals surface area contributed by atoms with Crippen LogP contribution in [-0.4, -0.2) is 42.2 Å². The summed E-state index contributed by atoms with van der Waals surface area (Å²) in [6.45, 7) is 1.70. The summed E-state index contributed by atoms with van der Waals surface area (Å²) < 4.78 is 13.2. The van der Waals surface area contributed by atoms with E-state index in [0.717, 1.165) is 22.2 Å². The first-order valence-electron chi connectivity index (χ1n) is 8.76. The van der Waals surface area contributed by atoms with Crippen LogP contribution in [0.1, 0.15) is 22.0 Å². The Kier molecular flexibility index (Phi) is 4.39. The number of ether oxygens (including phenoxy) is 2. The molecule has 1 saturated heterocycles. The second kappa shape index (κ2) is 6.84. The van der Waals surface area contributed by atoms with Crippen molar-refractivity contribution in [1.82, 2.24) is 9.47 Å². The third kappa shape index (κ3) is 2.95. The lowest BCUT2D eigenvalue weighted by Gasteiger charge is -2.33. The number of fused-ring (bicyclic) bond motifs is 1. The molecule has 3 aromatic rings. The average molecular weight is 350 g/mol. The third-order valence-corrected chi connectivity index (χ3v) is 4.95. The van der Waals surface area contributed by atoms with Crippen LogP contribution in [0.15, 0.2) is 54.7 Å². The number of carbonyl (C=O) groups is 1. The molecule has 1 aliphatic heterocycles. The van der Waals surface area contributed by atoms with Gasteiger partial charge in [0.2, 0.25) is 0 Å². The van der Waals surface area contributed by atoms with E-state index in [2.05, 4.69) is 0 Å². The number of hydrogen-bond acceptors (Lipinski definition) is 3. The second-order valence-electron chi connectivity index (χ2n) is 6.56. The molecule has 1 aromatic heterocycles. The Morgan fingerprint density at radius 1 is 1.19 bits per heavy atom. The number of carbonyl (C=O) groups excluding carboxylic acids is 1. The van der Waals surface area contributed by atoms with Gasteiger partial charge >= 0.3 is 0 Å². The van der Waals surface area contributed by atoms with Gasteiger partial charge in [-0.2, -0.15) is 0 Å². The van der Waals surface area contributed by atoms with Crippen molar-refractivity contribution in [3.63, 3.8) is 0 Å². The van der Waals surface area contributed by atoms with Crippen LogP contribution in [0, 0.1) is 0 Å². The van der Waals surface area contributed by atoms with Gasteiger partial charge in [0.05, 0.1) is 25.8 Å². The number of aryl methyl sites for hydroxylation is 1. The number of benzene rings is 2. The van der Waals surface area contributed by atoms with E-state index in [9.17, 15) is 4.79 Å². The topological polar surface area (TPSA) is 43.7 Å². The van der Waals surface area contributed by atoms with Crippen LogP contribution < -0.4 is 4.74 Å². The zero-order valence-electron chi connectivity index (χ0n) is 15.0. The Bertz CT molecular complexity index is 933. The molecule has 1 aliphatic rings. The predicted molar refractivity (Wildman–Crippen MR) is 101 cm³/mol. The number of amides is 1. The molecule has 0 bridgehead atoms. The molecule has 2 aromatic carbocycles. The molecule has 5 nitrogen and oxygen atoms in total. The molecule has 4 rings (SSSR count). The molecule has 0 spiro atoms. The number of methoxy groups -OCH3 is 1. The minimum atomic E-state index is -0.0848. The number of morpholine rings is 1. The maximum atomic E-state index is 13.2. The lowest BCUT2D eigenvalue weighted by Crippen LogP contribution is -2.42. The fourth-order valence-electron chi connectivity index (χ4n) is 3.54. The fraction of sp³-hybridized carbons (Fsp3) is 0.286. The van der Waals surface area contributed by atoms with Crippen molar-refractivity contribution in [1.29, 1.82) is 0 Å². The molecule has 5 heteroatoms. The molecule has 1 amide bonds. The summed E-state index contributed by atoms with van der Waals surface area (Å²) in [4.78, 5) is 15.1. The number of hydrogen-bond donors (Lipinski definition) is 0. The van der Waals surface area contributed by atoms with Crippen LogP contribution in [0.25, 0.3) is 10.9 Å². The van der Waals surface area contributed by atoms with Crippen LogP contribution in [-0.2, 0) is 11.8 Å². The normalized spacial score (nSPS) is 17.5. The maximum absolute atomic E-state index is 13.2. The molecular weight excluding hydrogens is 328 g/mol. The SMILES string of the molecule is COc1ccc2c(c1)c(C(=O)N1CCO[C@H](c3ccccc3)C1)cn2C. The zero-order valence-corrected chi connectivity index (χ0v) is 15.0. The van der Waals surface area contributed by atoms with Crippen LogP contribution >= 0.6 is 0 Å². The second-order valence-corrected chi connectivity index (χ2v) is 6.56. The van der Waals surface area contributed by atoms with Gasteiger partial charge in [0.15, 0.2) is 0 Å². The fourth-order valence-corrected chi connectivity index (χ4v) is 3.54. The Morgan fingerprint density at radius 2 is 2.00 bits per heavy atom. The largest absolute Gasteiger partial charge is 0.497 e. The Balaban J connectivity index is 1.64. The van der Waals surface area contributed by atoms with E-state index in [1.165, 1.54) is 0 Å². The zero-order chi connectivity index (χ0) is 18.1. The van der Waals surface area contributed by atoms with Crippen LogP contribution in [0.3, 0.4) is 0 Å². The van der Waals surface area contributed by atoms with Gasteiger partial charge in [-0.3, -0.25) is 4.79 Å². The minimum absolute atomic E-state index is 0.0353. The highest BCUT2D eigenvalue weighted by Crippen LogP contribution is 2.28. The van der Waals surface area contributed by atoms with E-state index in [4.69, 9.17) is 9.47 Å². The number of rotatable bonds is 3. The molecule has 1 fully saturated rings. The van der Waals surface area contributed by atoms with Crippen molar-refractivity contribution in [3.05, 3.63) is 65.9 Å². The van der Waals surface area contributed by atoms with Crippen LogP contribution in [0.5, 0.6) is 5.75 Å². The summed E-state index contributed by atoms with van der Waals surface area (Å²) in [7, 11) is 3.59. The average Bonchev–Trinajstić information content (AvgIpc) is 3.04. The smallest absolute Gasteiger partial charge is 0.256 e. The minimum Gasteiger partial charge on any atom is -0.497 e. The summed E-state index contributed by atoms with van der Waals surface area (Å²) >= 11 is 0. The van der Waals surface area contributed by atoms with Gasteiger partial charge in [-0.25, -0.2) is 0 Å². The van der Waals surface area contributed by atoms with E-state index in [-0.39, 0.29) is 12.0 Å². The summed E-state index contributed by atoms with van der Waals surface area (Å²) in [6.07, 6.45) is 1.82. The van der Waals surface area contributed by atoms with Crippen molar-refractivity contribution in [3.8, 4) is 5.75 Å². The van der Waals surface area contributed by atoms with E-state index in [1.807, 2.05) is 71.2 Å². The quantitative estimate of drug-likeness (QED) is 0.727. The van der Waals surface area contributed by atoms with Gasteiger partial charge in [0.1, 0.15) is 11.9 Å². The summed E-state index contributed by atoms with van der Waals surface area (Å²) in [6, 6.07) is 15.9. The first kappa shape index (κ1) is 16.7. The Labute approximate surface area is 152 Å². The Hall–Kier alpha value is -2.79. The van der Waals surface area contributed by atoms with Crippen molar-refractivity contribution in [2.75, 3.05) is 26.8 Å². The third-order valence-electron chi connectivity index (χ3n) is 4.95.